The number of carbonyl (C=O) groups excluding carboxylic acids is 1. The normalized spacial score (nSPS) is 10.7. The zero-order valence-corrected chi connectivity index (χ0v) is 21.2. The van der Waals surface area contributed by atoms with Crippen molar-refractivity contribution in [1.29, 1.82) is 0 Å². The Morgan fingerprint density at radius 1 is 0.889 bits per heavy atom. The molecule has 1 heterocycles. The third kappa shape index (κ3) is 6.37. The van der Waals surface area contributed by atoms with E-state index in [1.807, 2.05) is 36.4 Å². The topological polar surface area (TPSA) is 73.7 Å². The highest BCUT2D eigenvalue weighted by Crippen LogP contribution is 2.33. The minimum absolute atomic E-state index is 0.312. The Morgan fingerprint density at radius 2 is 1.53 bits per heavy atom. The van der Waals surface area contributed by atoms with Crippen LogP contribution < -0.4 is 4.90 Å². The minimum Gasteiger partial charge on any atom is -0.480 e. The molecule has 0 saturated heterocycles. The molecule has 0 unspecified atom stereocenters. The van der Waals surface area contributed by atoms with Gasteiger partial charge in [-0.15, -0.1) is 11.3 Å². The van der Waals surface area contributed by atoms with Crippen LogP contribution in [0.2, 0.25) is 0 Å². The second kappa shape index (κ2) is 11.6. The summed E-state index contributed by atoms with van der Waals surface area (Å²) in [4.78, 5) is 33.1. The molecule has 0 fully saturated rings. The van der Waals surface area contributed by atoms with E-state index in [4.69, 9.17) is 10.1 Å². The Balaban J connectivity index is 1.56. The van der Waals surface area contributed by atoms with Gasteiger partial charge in [-0.25, -0.2) is 4.98 Å². The first kappa shape index (κ1) is 25.1. The van der Waals surface area contributed by atoms with Crippen molar-refractivity contribution >= 4 is 28.3 Å². The second-order valence-electron chi connectivity index (χ2n) is 8.68. The molecule has 3 aromatic carbocycles. The molecule has 6 nitrogen and oxygen atoms in total. The molecule has 0 aliphatic carbocycles. The number of carboxylic acid groups (broad SMARTS) is 1. The summed E-state index contributed by atoms with van der Waals surface area (Å²) in [5.41, 5.74) is 4.89. The molecular formula is C29H29N3O3S. The molecule has 184 valence electrons. The van der Waals surface area contributed by atoms with Crippen molar-refractivity contribution < 1.29 is 14.7 Å². The molecule has 0 saturated carbocycles. The Hall–Kier alpha value is -3.97. The van der Waals surface area contributed by atoms with Gasteiger partial charge < -0.3 is 14.9 Å². The average Bonchev–Trinajstić information content (AvgIpc) is 3.28. The van der Waals surface area contributed by atoms with Gasteiger partial charge in [0.25, 0.3) is 5.91 Å². The molecule has 0 atom stereocenters. The lowest BCUT2D eigenvalue weighted by atomic mass is 10.1. The Morgan fingerprint density at radius 3 is 2.17 bits per heavy atom. The first-order chi connectivity index (χ1) is 17.4. The van der Waals surface area contributed by atoms with E-state index in [-0.39, 0.29) is 12.5 Å². The molecular weight excluding hydrogens is 470 g/mol. The summed E-state index contributed by atoms with van der Waals surface area (Å²) in [5, 5.41) is 9.92. The summed E-state index contributed by atoms with van der Waals surface area (Å²) in [6.45, 7) is 3.22. The summed E-state index contributed by atoms with van der Waals surface area (Å²) in [6, 6.07) is 28.0. The van der Waals surface area contributed by atoms with E-state index in [0.29, 0.717) is 12.1 Å². The lowest BCUT2D eigenvalue weighted by molar-refractivity contribution is -0.137. The number of likely N-dealkylation sites (N-methyl/N-ethyl adjacent to an activating group) is 1. The number of anilines is 1. The summed E-state index contributed by atoms with van der Waals surface area (Å²) < 4.78 is 0. The van der Waals surface area contributed by atoms with Crippen molar-refractivity contribution in [3.05, 3.63) is 106 Å². The van der Waals surface area contributed by atoms with Gasteiger partial charge in [-0.1, -0.05) is 72.8 Å². The number of hydrogen-bond donors (Lipinski definition) is 1. The molecule has 1 N–H and O–H groups in total. The zero-order chi connectivity index (χ0) is 25.5. The highest BCUT2D eigenvalue weighted by molar-refractivity contribution is 7.16. The van der Waals surface area contributed by atoms with Gasteiger partial charge in [0.1, 0.15) is 6.54 Å². The van der Waals surface area contributed by atoms with E-state index < -0.39 is 5.97 Å². The third-order valence-corrected chi connectivity index (χ3v) is 6.94. The van der Waals surface area contributed by atoms with Crippen LogP contribution >= 0.6 is 11.3 Å². The molecule has 36 heavy (non-hydrogen) atoms. The number of carboxylic acids is 1. The fraction of sp³-hybridized carbons (Fsp3) is 0.207. The number of rotatable bonds is 10. The van der Waals surface area contributed by atoms with Crippen molar-refractivity contribution in [2.75, 3.05) is 25.0 Å². The largest absolute Gasteiger partial charge is 0.480 e. The van der Waals surface area contributed by atoms with Crippen LogP contribution in [0, 0.1) is 6.92 Å². The molecule has 0 radical (unpaired) electrons. The monoisotopic (exact) mass is 499 g/mol. The highest BCUT2D eigenvalue weighted by atomic mass is 32.1. The van der Waals surface area contributed by atoms with E-state index >= 15 is 0 Å². The number of benzene rings is 3. The number of nitrogens with zero attached hydrogens (tertiary/aromatic N) is 3. The quantitative estimate of drug-likeness (QED) is 0.311. The van der Waals surface area contributed by atoms with Gasteiger partial charge in [0.05, 0.1) is 5.69 Å². The van der Waals surface area contributed by atoms with Gasteiger partial charge in [0.15, 0.2) is 5.13 Å². The van der Waals surface area contributed by atoms with Gasteiger partial charge in [-0.3, -0.25) is 9.59 Å². The van der Waals surface area contributed by atoms with E-state index in [1.165, 1.54) is 22.4 Å². The lowest BCUT2D eigenvalue weighted by Crippen LogP contribution is -2.31. The van der Waals surface area contributed by atoms with Crippen LogP contribution in [-0.4, -0.2) is 47.0 Å². The molecule has 0 bridgehead atoms. The predicted molar refractivity (Wildman–Crippen MR) is 145 cm³/mol. The van der Waals surface area contributed by atoms with Gasteiger partial charge in [-0.2, -0.15) is 0 Å². The molecule has 4 aromatic rings. The summed E-state index contributed by atoms with van der Waals surface area (Å²) in [7, 11) is 1.49. The summed E-state index contributed by atoms with van der Waals surface area (Å²) in [6.07, 6.45) is 0.886. The average molecular weight is 500 g/mol. The fourth-order valence-corrected chi connectivity index (χ4v) is 4.96. The molecule has 1 amide bonds. The van der Waals surface area contributed by atoms with Crippen molar-refractivity contribution in [2.24, 2.45) is 0 Å². The van der Waals surface area contributed by atoms with Crippen LogP contribution in [0.25, 0.3) is 11.3 Å². The Bertz CT molecular complexity index is 1300. The first-order valence-corrected chi connectivity index (χ1v) is 12.6. The van der Waals surface area contributed by atoms with E-state index in [9.17, 15) is 9.59 Å². The third-order valence-electron chi connectivity index (χ3n) is 5.91. The summed E-state index contributed by atoms with van der Waals surface area (Å²) >= 11 is 1.69. The Labute approximate surface area is 215 Å². The van der Waals surface area contributed by atoms with Crippen LogP contribution in [0.1, 0.15) is 26.4 Å². The number of aromatic nitrogens is 1. The predicted octanol–water partition coefficient (Wildman–Crippen LogP) is 5.52. The van der Waals surface area contributed by atoms with Gasteiger partial charge in [-0.05, 0) is 36.6 Å². The van der Waals surface area contributed by atoms with E-state index in [2.05, 4.69) is 48.2 Å². The van der Waals surface area contributed by atoms with Crippen molar-refractivity contribution in [3.63, 3.8) is 0 Å². The van der Waals surface area contributed by atoms with Crippen LogP contribution in [0.3, 0.4) is 0 Å². The number of amides is 1. The number of carbonyl (C=O) groups is 2. The Kier molecular flexibility index (Phi) is 8.13. The van der Waals surface area contributed by atoms with Crippen molar-refractivity contribution in [1.82, 2.24) is 9.88 Å². The van der Waals surface area contributed by atoms with E-state index in [0.717, 1.165) is 34.9 Å². The SMILES string of the molecule is Cc1sc(N(CCc2ccccc2)Cc2ccc(C(=O)N(C)CC(=O)O)cc2)nc1-c1ccccc1. The zero-order valence-electron chi connectivity index (χ0n) is 20.4. The number of aryl methyl sites for hydroxylation is 1. The van der Waals surface area contributed by atoms with Crippen molar-refractivity contribution in [3.8, 4) is 11.3 Å². The number of aliphatic carboxylic acids is 1. The summed E-state index contributed by atoms with van der Waals surface area (Å²) in [5.74, 6) is -1.35. The van der Waals surface area contributed by atoms with Crippen LogP contribution in [0.5, 0.6) is 0 Å². The van der Waals surface area contributed by atoms with Crippen LogP contribution in [0.4, 0.5) is 5.13 Å². The maximum Gasteiger partial charge on any atom is 0.323 e. The van der Waals surface area contributed by atoms with Crippen LogP contribution in [-0.2, 0) is 17.8 Å². The van der Waals surface area contributed by atoms with E-state index in [1.54, 1.807) is 23.5 Å². The fourth-order valence-electron chi connectivity index (χ4n) is 4.00. The number of thiazole rings is 1. The van der Waals surface area contributed by atoms with Gasteiger partial charge in [0, 0.05) is 36.1 Å². The first-order valence-electron chi connectivity index (χ1n) is 11.8. The lowest BCUT2D eigenvalue weighted by Gasteiger charge is -2.22. The molecule has 4 rings (SSSR count). The van der Waals surface area contributed by atoms with Gasteiger partial charge >= 0.3 is 5.97 Å². The number of hydrogen-bond acceptors (Lipinski definition) is 5. The van der Waals surface area contributed by atoms with Gasteiger partial charge in [0.2, 0.25) is 0 Å². The standard InChI is InChI=1S/C29H29N3O3S/c1-21-27(24-11-7-4-8-12-24)30-29(36-21)32(18-17-22-9-5-3-6-10-22)19-23-13-15-25(16-14-23)28(35)31(2)20-26(33)34/h3-16H,17-20H2,1-2H3,(H,33,34). The molecule has 0 spiro atoms. The van der Waals surface area contributed by atoms with Crippen molar-refractivity contribution in [2.45, 2.75) is 19.9 Å². The minimum atomic E-state index is -1.04. The smallest absolute Gasteiger partial charge is 0.323 e. The molecule has 0 aliphatic heterocycles. The highest BCUT2D eigenvalue weighted by Gasteiger charge is 2.18. The maximum atomic E-state index is 12.5. The molecule has 7 heteroatoms. The molecule has 0 aliphatic rings. The molecule has 1 aromatic heterocycles. The van der Waals surface area contributed by atoms with Crippen LogP contribution in [0.15, 0.2) is 84.9 Å². The second-order valence-corrected chi connectivity index (χ2v) is 9.86. The maximum absolute atomic E-state index is 12.5.